The zero-order chi connectivity index (χ0) is 20.9. The molecule has 0 aliphatic carbocycles. The minimum Gasteiger partial charge on any atom is -0.504 e. The van der Waals surface area contributed by atoms with E-state index >= 15 is 0 Å². The monoisotopic (exact) mass is 403 g/mol. The van der Waals surface area contributed by atoms with E-state index in [-0.39, 0.29) is 5.75 Å². The van der Waals surface area contributed by atoms with Crippen molar-refractivity contribution in [3.8, 4) is 23.0 Å². The Balaban J connectivity index is 1.55. The molecular formula is C25H25NO4. The number of hydrogen-bond acceptors (Lipinski definition) is 5. The molecule has 0 bridgehead atoms. The van der Waals surface area contributed by atoms with Crippen LogP contribution in [0.25, 0.3) is 0 Å². The Hall–Kier alpha value is -3.47. The Kier molecular flexibility index (Phi) is 5.89. The lowest BCUT2D eigenvalue weighted by Gasteiger charge is -2.20. The predicted molar refractivity (Wildman–Crippen MR) is 117 cm³/mol. The van der Waals surface area contributed by atoms with Crippen LogP contribution >= 0.6 is 0 Å². The Morgan fingerprint density at radius 1 is 0.867 bits per heavy atom. The molecule has 4 rings (SSSR count). The van der Waals surface area contributed by atoms with Crippen LogP contribution in [0.2, 0.25) is 0 Å². The molecule has 5 nitrogen and oxygen atoms in total. The quantitative estimate of drug-likeness (QED) is 0.627. The molecule has 5 heteroatoms. The number of phenols is 1. The lowest BCUT2D eigenvalue weighted by Crippen LogP contribution is -2.15. The summed E-state index contributed by atoms with van der Waals surface area (Å²) < 4.78 is 16.6. The maximum Gasteiger partial charge on any atom is 0.161 e. The molecule has 0 aromatic heterocycles. The lowest BCUT2D eigenvalue weighted by atomic mass is 9.93. The van der Waals surface area contributed by atoms with Gasteiger partial charge in [-0.25, -0.2) is 0 Å². The molecule has 3 aromatic carbocycles. The highest BCUT2D eigenvalue weighted by molar-refractivity contribution is 6.04. The summed E-state index contributed by atoms with van der Waals surface area (Å²) in [5, 5.41) is 10.6. The highest BCUT2D eigenvalue weighted by Gasteiger charge is 2.19. The number of methoxy groups -OCH3 is 2. The molecule has 1 heterocycles. The van der Waals surface area contributed by atoms with E-state index in [0.29, 0.717) is 30.3 Å². The fourth-order valence-corrected chi connectivity index (χ4v) is 3.67. The summed E-state index contributed by atoms with van der Waals surface area (Å²) in [6, 6.07) is 19.5. The molecule has 30 heavy (non-hydrogen) atoms. The van der Waals surface area contributed by atoms with Crippen LogP contribution < -0.4 is 14.2 Å². The maximum atomic E-state index is 10.6. The number of nitrogens with zero attached hydrogens (tertiary/aromatic N) is 1. The third-order valence-corrected chi connectivity index (χ3v) is 5.24. The second kappa shape index (κ2) is 8.91. The number of fused-ring (bicyclic) bond motifs is 1. The zero-order valence-electron chi connectivity index (χ0n) is 17.2. The van der Waals surface area contributed by atoms with Crippen LogP contribution in [0.3, 0.4) is 0 Å². The van der Waals surface area contributed by atoms with Gasteiger partial charge in [-0.1, -0.05) is 36.4 Å². The zero-order valence-corrected chi connectivity index (χ0v) is 17.2. The normalized spacial score (nSPS) is 12.7. The van der Waals surface area contributed by atoms with Gasteiger partial charge in [-0.05, 0) is 47.4 Å². The van der Waals surface area contributed by atoms with E-state index in [2.05, 4.69) is 0 Å². The predicted octanol–water partition coefficient (Wildman–Crippen LogP) is 4.58. The lowest BCUT2D eigenvalue weighted by molar-refractivity contribution is 0.288. The molecule has 1 N–H and O–H groups in total. The van der Waals surface area contributed by atoms with E-state index in [4.69, 9.17) is 19.2 Å². The van der Waals surface area contributed by atoms with Gasteiger partial charge in [-0.2, -0.15) is 0 Å². The van der Waals surface area contributed by atoms with Gasteiger partial charge >= 0.3 is 0 Å². The summed E-state index contributed by atoms with van der Waals surface area (Å²) in [6.07, 6.45) is 1.48. The first-order chi connectivity index (χ1) is 14.7. The largest absolute Gasteiger partial charge is 0.504 e. The molecule has 0 saturated heterocycles. The van der Waals surface area contributed by atoms with Crippen molar-refractivity contribution in [1.29, 1.82) is 0 Å². The van der Waals surface area contributed by atoms with Crippen molar-refractivity contribution >= 4 is 5.71 Å². The molecule has 1 aliphatic rings. The first kappa shape index (κ1) is 19.8. The first-order valence-electron chi connectivity index (χ1n) is 9.95. The van der Waals surface area contributed by atoms with E-state index in [1.807, 2.05) is 54.6 Å². The molecule has 154 valence electrons. The SMILES string of the molecule is COc1ccc(CC2=NCCc3cc(OCc4ccccc4)c(O)cc32)cc1OC. The van der Waals surface area contributed by atoms with Gasteiger partial charge in [0.15, 0.2) is 23.0 Å². The number of benzene rings is 3. The highest BCUT2D eigenvalue weighted by atomic mass is 16.5. The van der Waals surface area contributed by atoms with Crippen LogP contribution in [0, 0.1) is 0 Å². The summed E-state index contributed by atoms with van der Waals surface area (Å²) in [5.74, 6) is 2.03. The molecular weight excluding hydrogens is 378 g/mol. The first-order valence-corrected chi connectivity index (χ1v) is 9.95. The molecule has 0 unspecified atom stereocenters. The molecule has 0 atom stereocenters. The van der Waals surface area contributed by atoms with E-state index in [1.54, 1.807) is 20.3 Å². The van der Waals surface area contributed by atoms with Gasteiger partial charge in [0.25, 0.3) is 0 Å². The molecule has 1 aliphatic heterocycles. The third kappa shape index (κ3) is 4.25. The van der Waals surface area contributed by atoms with Gasteiger partial charge in [-0.3, -0.25) is 4.99 Å². The van der Waals surface area contributed by atoms with Crippen molar-refractivity contribution in [1.82, 2.24) is 0 Å². The van der Waals surface area contributed by atoms with Gasteiger partial charge < -0.3 is 19.3 Å². The summed E-state index contributed by atoms with van der Waals surface area (Å²) in [7, 11) is 3.25. The molecule has 0 radical (unpaired) electrons. The molecule has 0 spiro atoms. The Morgan fingerprint density at radius 2 is 1.67 bits per heavy atom. The Labute approximate surface area is 176 Å². The topological polar surface area (TPSA) is 60.3 Å². The van der Waals surface area contributed by atoms with Crippen molar-refractivity contribution in [3.63, 3.8) is 0 Å². The van der Waals surface area contributed by atoms with E-state index < -0.39 is 0 Å². The minimum atomic E-state index is 0.131. The van der Waals surface area contributed by atoms with Crippen molar-refractivity contribution in [2.24, 2.45) is 4.99 Å². The van der Waals surface area contributed by atoms with Crippen LogP contribution in [0.4, 0.5) is 0 Å². The fraction of sp³-hybridized carbons (Fsp3) is 0.240. The van der Waals surface area contributed by atoms with Gasteiger partial charge in [0.2, 0.25) is 0 Å². The van der Waals surface area contributed by atoms with Crippen molar-refractivity contribution in [2.45, 2.75) is 19.4 Å². The van der Waals surface area contributed by atoms with Crippen molar-refractivity contribution in [3.05, 3.63) is 82.9 Å². The number of ether oxygens (including phenoxy) is 3. The third-order valence-electron chi connectivity index (χ3n) is 5.24. The van der Waals surface area contributed by atoms with Crippen molar-refractivity contribution in [2.75, 3.05) is 20.8 Å². The van der Waals surface area contributed by atoms with Crippen LogP contribution in [0.5, 0.6) is 23.0 Å². The summed E-state index contributed by atoms with van der Waals surface area (Å²) >= 11 is 0. The van der Waals surface area contributed by atoms with Gasteiger partial charge in [-0.15, -0.1) is 0 Å². The number of aliphatic imine (C=N–C) groups is 1. The standard InChI is InChI=1S/C25H25NO4/c1-28-23-9-8-18(13-25(23)29-2)12-21-20-15-22(27)24(14-19(20)10-11-26-21)30-16-17-6-4-3-5-7-17/h3-9,13-15,27H,10-12,16H2,1-2H3. The van der Waals surface area contributed by atoms with Crippen LogP contribution in [-0.2, 0) is 19.4 Å². The fourth-order valence-electron chi connectivity index (χ4n) is 3.67. The van der Waals surface area contributed by atoms with Crippen molar-refractivity contribution < 1.29 is 19.3 Å². The van der Waals surface area contributed by atoms with Gasteiger partial charge in [0.05, 0.1) is 14.2 Å². The Morgan fingerprint density at radius 3 is 2.43 bits per heavy atom. The van der Waals surface area contributed by atoms with E-state index in [9.17, 15) is 5.11 Å². The summed E-state index contributed by atoms with van der Waals surface area (Å²) in [6.45, 7) is 1.14. The highest BCUT2D eigenvalue weighted by Crippen LogP contribution is 2.34. The number of rotatable bonds is 7. The van der Waals surface area contributed by atoms with E-state index in [1.165, 1.54) is 0 Å². The van der Waals surface area contributed by atoms with Crippen LogP contribution in [-0.4, -0.2) is 31.6 Å². The minimum absolute atomic E-state index is 0.131. The molecule has 0 fully saturated rings. The molecule has 3 aromatic rings. The molecule has 0 saturated carbocycles. The van der Waals surface area contributed by atoms with E-state index in [0.717, 1.165) is 40.9 Å². The average Bonchev–Trinajstić information content (AvgIpc) is 2.78. The summed E-state index contributed by atoms with van der Waals surface area (Å²) in [4.78, 5) is 4.72. The van der Waals surface area contributed by atoms with Crippen LogP contribution in [0.1, 0.15) is 22.3 Å². The van der Waals surface area contributed by atoms with Gasteiger partial charge in [0, 0.05) is 24.2 Å². The number of phenolic OH excluding ortho intramolecular Hbond substituents is 1. The second-order valence-corrected chi connectivity index (χ2v) is 7.20. The van der Waals surface area contributed by atoms with Gasteiger partial charge in [0.1, 0.15) is 6.61 Å². The summed E-state index contributed by atoms with van der Waals surface area (Å²) in [5.41, 5.74) is 5.20. The van der Waals surface area contributed by atoms with Crippen LogP contribution in [0.15, 0.2) is 65.7 Å². The molecule has 0 amide bonds. The maximum absolute atomic E-state index is 10.6. The Bertz CT molecular complexity index is 1060. The number of aromatic hydroxyl groups is 1. The average molecular weight is 403 g/mol. The number of hydrogen-bond donors (Lipinski definition) is 1. The second-order valence-electron chi connectivity index (χ2n) is 7.20. The smallest absolute Gasteiger partial charge is 0.161 e.